The minimum atomic E-state index is -0.364. The van der Waals surface area contributed by atoms with E-state index in [0.29, 0.717) is 49.2 Å². The van der Waals surface area contributed by atoms with Gasteiger partial charge in [0.25, 0.3) is 5.56 Å². The zero-order valence-electron chi connectivity index (χ0n) is 17.1. The molecule has 5 aromatic rings. The molecule has 2 heterocycles. The van der Waals surface area contributed by atoms with Crippen LogP contribution in [-0.4, -0.2) is 26.6 Å². The van der Waals surface area contributed by atoms with E-state index >= 15 is 0 Å². The van der Waals surface area contributed by atoms with E-state index in [2.05, 4.69) is 9.97 Å². The summed E-state index contributed by atoms with van der Waals surface area (Å²) in [5, 5.41) is 1.45. The maximum Gasteiger partial charge on any atom is 0.277 e. The fraction of sp³-hybridized carbons (Fsp3) is 0.0417. The Morgan fingerprint density at radius 2 is 1.67 bits per heavy atom. The molecule has 3 aromatic carbocycles. The quantitative estimate of drug-likeness (QED) is 0.311. The zero-order valence-corrected chi connectivity index (χ0v) is 19.4. The third-order valence-electron chi connectivity index (χ3n) is 5.12. The number of H-pyrrole nitrogens is 1. The molecule has 9 heteroatoms. The highest BCUT2D eigenvalue weighted by Gasteiger charge is 2.20. The van der Waals surface area contributed by atoms with Crippen molar-refractivity contribution in [2.24, 2.45) is 0 Å². The molecule has 164 valence electrons. The fourth-order valence-corrected chi connectivity index (χ4v) is 4.22. The predicted octanol–water partition coefficient (Wildman–Crippen LogP) is 6.41. The molecule has 0 saturated heterocycles. The number of nitrogens with zero attached hydrogens (tertiary/aromatic N) is 3. The summed E-state index contributed by atoms with van der Waals surface area (Å²) in [5.41, 5.74) is 2.22. The second kappa shape index (κ2) is 8.56. The molecular formula is C24H15Cl3N4O2. The minimum Gasteiger partial charge on any atom is -0.497 e. The number of aromatic nitrogens is 4. The van der Waals surface area contributed by atoms with Crippen LogP contribution >= 0.6 is 34.8 Å². The van der Waals surface area contributed by atoms with Crippen molar-refractivity contribution < 1.29 is 4.74 Å². The highest BCUT2D eigenvalue weighted by molar-refractivity contribution is 6.36. The Hall–Kier alpha value is -3.32. The first-order valence-electron chi connectivity index (χ1n) is 9.83. The largest absolute Gasteiger partial charge is 0.497 e. The molecule has 6 nitrogen and oxygen atoms in total. The molecule has 0 aliphatic heterocycles. The number of methoxy groups -OCH3 is 1. The summed E-state index contributed by atoms with van der Waals surface area (Å²) in [7, 11) is 1.59. The Kier molecular flexibility index (Phi) is 5.58. The summed E-state index contributed by atoms with van der Waals surface area (Å²) in [4.78, 5) is 25.5. The van der Waals surface area contributed by atoms with E-state index in [9.17, 15) is 4.79 Å². The Balaban J connectivity index is 1.81. The molecule has 0 atom stereocenters. The number of nitrogens with one attached hydrogen (secondary N) is 1. The van der Waals surface area contributed by atoms with E-state index in [0.717, 1.165) is 5.56 Å². The first-order chi connectivity index (χ1) is 15.9. The smallest absolute Gasteiger partial charge is 0.277 e. The van der Waals surface area contributed by atoms with E-state index in [1.54, 1.807) is 42.0 Å². The number of rotatable bonds is 4. The molecule has 1 N–H and O–H groups in total. The van der Waals surface area contributed by atoms with Crippen LogP contribution in [0.15, 0.2) is 71.5 Å². The van der Waals surface area contributed by atoms with Gasteiger partial charge in [-0.3, -0.25) is 9.36 Å². The van der Waals surface area contributed by atoms with Crippen molar-refractivity contribution in [2.75, 3.05) is 7.11 Å². The van der Waals surface area contributed by atoms with Crippen LogP contribution in [-0.2, 0) is 0 Å². The third-order valence-corrected chi connectivity index (χ3v) is 5.92. The van der Waals surface area contributed by atoms with E-state index < -0.39 is 0 Å². The number of halogens is 3. The normalized spacial score (nSPS) is 11.2. The van der Waals surface area contributed by atoms with Crippen LogP contribution in [0.25, 0.3) is 39.6 Å². The second-order valence-electron chi connectivity index (χ2n) is 7.19. The average Bonchev–Trinajstić information content (AvgIpc) is 3.19. The first-order valence-corrected chi connectivity index (χ1v) is 11.0. The predicted molar refractivity (Wildman–Crippen MR) is 132 cm³/mol. The van der Waals surface area contributed by atoms with Gasteiger partial charge in [-0.15, -0.1) is 0 Å². The highest BCUT2D eigenvalue weighted by atomic mass is 35.5. The lowest BCUT2D eigenvalue weighted by atomic mass is 10.2. The van der Waals surface area contributed by atoms with E-state index in [-0.39, 0.29) is 11.2 Å². The lowest BCUT2D eigenvalue weighted by molar-refractivity contribution is 0.414. The van der Waals surface area contributed by atoms with E-state index in [1.165, 1.54) is 0 Å². The molecule has 0 bridgehead atoms. The lowest BCUT2D eigenvalue weighted by Gasteiger charge is -2.11. The number of benzene rings is 3. The van der Waals surface area contributed by atoms with Crippen LogP contribution < -0.4 is 10.3 Å². The Morgan fingerprint density at radius 3 is 2.39 bits per heavy atom. The van der Waals surface area contributed by atoms with Gasteiger partial charge in [0.2, 0.25) is 0 Å². The molecule has 5 rings (SSSR count). The van der Waals surface area contributed by atoms with Crippen LogP contribution in [0.5, 0.6) is 5.75 Å². The Bertz CT molecular complexity index is 1560. The number of ether oxygens (including phenoxy) is 1. The van der Waals surface area contributed by atoms with Crippen molar-refractivity contribution in [3.8, 4) is 34.2 Å². The maximum atomic E-state index is 13.3. The summed E-state index contributed by atoms with van der Waals surface area (Å²) in [6.07, 6.45) is 0. The van der Waals surface area contributed by atoms with Crippen molar-refractivity contribution in [2.45, 2.75) is 0 Å². The number of hydrogen-bond acceptors (Lipinski definition) is 4. The summed E-state index contributed by atoms with van der Waals surface area (Å²) < 4.78 is 7.13. The third kappa shape index (κ3) is 3.97. The van der Waals surface area contributed by atoms with Crippen molar-refractivity contribution in [3.05, 3.63) is 92.2 Å². The monoisotopic (exact) mass is 496 g/mol. The topological polar surface area (TPSA) is 72.8 Å². The molecule has 0 aliphatic rings. The number of fused-ring (bicyclic) bond motifs is 1. The van der Waals surface area contributed by atoms with Gasteiger partial charge < -0.3 is 9.72 Å². The van der Waals surface area contributed by atoms with Crippen LogP contribution in [0.1, 0.15) is 0 Å². The average molecular weight is 498 g/mol. The van der Waals surface area contributed by atoms with Gasteiger partial charge in [0.05, 0.1) is 17.8 Å². The zero-order chi connectivity index (χ0) is 23.1. The second-order valence-corrected chi connectivity index (χ2v) is 8.47. The molecular weight excluding hydrogens is 483 g/mol. The van der Waals surface area contributed by atoms with Crippen LogP contribution in [0.4, 0.5) is 0 Å². The van der Waals surface area contributed by atoms with E-state index in [1.807, 2.05) is 36.4 Å². The first kappa shape index (κ1) is 21.5. The molecule has 0 radical (unpaired) electrons. The molecule has 33 heavy (non-hydrogen) atoms. The van der Waals surface area contributed by atoms with Crippen molar-refractivity contribution in [1.82, 2.24) is 19.5 Å². The van der Waals surface area contributed by atoms with Gasteiger partial charge in [0.15, 0.2) is 11.2 Å². The van der Waals surface area contributed by atoms with Gasteiger partial charge in [-0.05, 0) is 54.6 Å². The maximum absolute atomic E-state index is 13.3. The summed E-state index contributed by atoms with van der Waals surface area (Å²) in [6.45, 7) is 0. The molecule has 0 amide bonds. The molecule has 0 spiro atoms. The number of hydrogen-bond donors (Lipinski definition) is 1. The summed E-state index contributed by atoms with van der Waals surface area (Å²) in [6, 6.07) is 19.5. The highest BCUT2D eigenvalue weighted by Crippen LogP contribution is 2.31. The van der Waals surface area contributed by atoms with Crippen molar-refractivity contribution in [1.29, 1.82) is 0 Å². The Labute approximate surface area is 203 Å². The fourth-order valence-electron chi connectivity index (χ4n) is 3.59. The molecule has 0 fully saturated rings. The van der Waals surface area contributed by atoms with Gasteiger partial charge in [0.1, 0.15) is 17.4 Å². The van der Waals surface area contributed by atoms with Gasteiger partial charge in [-0.2, -0.15) is 0 Å². The molecule has 2 aromatic heterocycles. The summed E-state index contributed by atoms with van der Waals surface area (Å²) >= 11 is 18.4. The van der Waals surface area contributed by atoms with Gasteiger partial charge in [-0.25, -0.2) is 9.97 Å². The van der Waals surface area contributed by atoms with Gasteiger partial charge in [0, 0.05) is 27.2 Å². The van der Waals surface area contributed by atoms with Crippen LogP contribution in [0.2, 0.25) is 15.1 Å². The molecule has 0 aliphatic carbocycles. The van der Waals surface area contributed by atoms with Gasteiger partial charge in [-0.1, -0.05) is 40.9 Å². The van der Waals surface area contributed by atoms with Gasteiger partial charge >= 0.3 is 0 Å². The van der Waals surface area contributed by atoms with E-state index in [4.69, 9.17) is 44.5 Å². The van der Waals surface area contributed by atoms with Crippen molar-refractivity contribution >= 4 is 46.0 Å². The van der Waals surface area contributed by atoms with Crippen LogP contribution in [0, 0.1) is 0 Å². The van der Waals surface area contributed by atoms with Crippen molar-refractivity contribution in [3.63, 3.8) is 0 Å². The summed E-state index contributed by atoms with van der Waals surface area (Å²) in [5.74, 6) is 1.48. The Morgan fingerprint density at radius 1 is 0.909 bits per heavy atom. The minimum absolute atomic E-state index is 0.271. The lowest BCUT2D eigenvalue weighted by Crippen LogP contribution is -2.13. The standard InChI is InChI=1S/C24H15Cl3N4O2/c1-33-17-4-2-3-16(12-17)31-20-22(29-23(31)13-5-7-14(25)8-6-13)28-21(30-24(20)32)18-10-9-15(26)11-19(18)27/h2-12H,1H3,(H,28,30,32). The van der Waals surface area contributed by atoms with Crippen LogP contribution in [0.3, 0.4) is 0 Å². The molecule has 0 saturated carbocycles. The molecule has 0 unspecified atom stereocenters. The SMILES string of the molecule is COc1cccc(-n2c(-c3ccc(Cl)cc3)nc3nc(-c4ccc(Cl)cc4Cl)[nH]c(=O)c32)c1. The number of aromatic amines is 1. The number of imidazole rings is 1.